The van der Waals surface area contributed by atoms with Crippen LogP contribution in [0.2, 0.25) is 0 Å². The Morgan fingerprint density at radius 2 is 1.85 bits per heavy atom. The molecule has 3 aliphatic rings. The van der Waals surface area contributed by atoms with Crippen LogP contribution in [0.15, 0.2) is 24.3 Å². The fourth-order valence-electron chi connectivity index (χ4n) is 5.17. The van der Waals surface area contributed by atoms with Crippen molar-refractivity contribution in [2.45, 2.75) is 63.3 Å². The van der Waals surface area contributed by atoms with Crippen molar-refractivity contribution in [2.75, 3.05) is 0 Å². The maximum atomic E-state index is 6.63. The fourth-order valence-corrected chi connectivity index (χ4v) is 5.17. The van der Waals surface area contributed by atoms with Gasteiger partial charge in [0.2, 0.25) is 0 Å². The predicted octanol–water partition coefficient (Wildman–Crippen LogP) is 4.26. The molecule has 2 N–H and O–H groups in total. The Bertz CT molecular complexity index is 474. The first-order valence-electron chi connectivity index (χ1n) is 8.68. The van der Waals surface area contributed by atoms with Crippen molar-refractivity contribution in [3.05, 3.63) is 35.4 Å². The van der Waals surface area contributed by atoms with Crippen molar-refractivity contribution in [2.24, 2.45) is 23.5 Å². The molecule has 0 radical (unpaired) electrons. The second-order valence-corrected chi connectivity index (χ2v) is 7.41. The van der Waals surface area contributed by atoms with E-state index >= 15 is 0 Å². The van der Waals surface area contributed by atoms with Crippen molar-refractivity contribution >= 4 is 0 Å². The van der Waals surface area contributed by atoms with Crippen molar-refractivity contribution in [3.63, 3.8) is 0 Å². The highest BCUT2D eigenvalue weighted by atomic mass is 14.7. The van der Waals surface area contributed by atoms with Gasteiger partial charge in [0.25, 0.3) is 0 Å². The highest BCUT2D eigenvalue weighted by Gasteiger charge is 2.55. The summed E-state index contributed by atoms with van der Waals surface area (Å²) in [5.41, 5.74) is 9.86. The molecule has 2 fully saturated rings. The molecule has 1 aromatic rings. The Morgan fingerprint density at radius 1 is 1.05 bits per heavy atom. The molecule has 4 unspecified atom stereocenters. The third kappa shape index (κ3) is 2.20. The van der Waals surface area contributed by atoms with Crippen molar-refractivity contribution in [3.8, 4) is 0 Å². The van der Waals surface area contributed by atoms with Crippen LogP contribution < -0.4 is 5.73 Å². The van der Waals surface area contributed by atoms with Gasteiger partial charge in [-0.25, -0.2) is 0 Å². The minimum atomic E-state index is 0.458. The van der Waals surface area contributed by atoms with Crippen LogP contribution in [0.5, 0.6) is 0 Å². The number of fused-ring (bicyclic) bond motifs is 3. The molecule has 1 nitrogen and oxygen atoms in total. The number of hydrogen-bond donors (Lipinski definition) is 1. The fraction of sp³-hybridized carbons (Fsp3) is 0.684. The largest absolute Gasteiger partial charge is 0.327 e. The standard InChI is InChI=1S/C19H27N/c20-17(12-13-6-2-1-3-7-13)19-16-11-10-14-8-4-5-9-15(14)18(16)19/h4-5,8-9,13,16-19H,1-3,6-7,10-12,20H2. The molecule has 2 saturated carbocycles. The molecular weight excluding hydrogens is 242 g/mol. The minimum Gasteiger partial charge on any atom is -0.327 e. The van der Waals surface area contributed by atoms with E-state index in [1.807, 2.05) is 0 Å². The van der Waals surface area contributed by atoms with Gasteiger partial charge in [-0.15, -0.1) is 0 Å². The molecule has 20 heavy (non-hydrogen) atoms. The molecule has 3 aliphatic carbocycles. The number of rotatable bonds is 3. The van der Waals surface area contributed by atoms with E-state index in [4.69, 9.17) is 5.73 Å². The molecule has 0 aliphatic heterocycles. The lowest BCUT2D eigenvalue weighted by molar-refractivity contribution is 0.303. The smallest absolute Gasteiger partial charge is 0.00786 e. The first-order valence-corrected chi connectivity index (χ1v) is 8.68. The summed E-state index contributed by atoms with van der Waals surface area (Å²) in [4.78, 5) is 0. The number of nitrogens with two attached hydrogens (primary N) is 1. The Morgan fingerprint density at radius 3 is 2.70 bits per heavy atom. The van der Waals surface area contributed by atoms with E-state index in [1.54, 1.807) is 11.1 Å². The monoisotopic (exact) mass is 269 g/mol. The van der Waals surface area contributed by atoms with Crippen molar-refractivity contribution < 1.29 is 0 Å². The molecule has 0 spiro atoms. The summed E-state index contributed by atoms with van der Waals surface area (Å²) >= 11 is 0. The van der Waals surface area contributed by atoms with Gasteiger partial charge in [-0.2, -0.15) is 0 Å². The van der Waals surface area contributed by atoms with E-state index in [0.717, 1.165) is 23.7 Å². The molecule has 4 rings (SSSR count). The zero-order valence-corrected chi connectivity index (χ0v) is 12.4. The van der Waals surface area contributed by atoms with Gasteiger partial charge in [-0.1, -0.05) is 56.4 Å². The molecule has 0 bridgehead atoms. The van der Waals surface area contributed by atoms with Crippen molar-refractivity contribution in [1.82, 2.24) is 0 Å². The third-order valence-electron chi connectivity index (χ3n) is 6.22. The summed E-state index contributed by atoms with van der Waals surface area (Å²) in [6.45, 7) is 0. The number of aryl methyl sites for hydroxylation is 1. The van der Waals surface area contributed by atoms with Gasteiger partial charge in [0.05, 0.1) is 0 Å². The van der Waals surface area contributed by atoms with Gasteiger partial charge in [-0.3, -0.25) is 0 Å². The average molecular weight is 269 g/mol. The van der Waals surface area contributed by atoms with Crippen LogP contribution in [0.4, 0.5) is 0 Å². The van der Waals surface area contributed by atoms with E-state index < -0.39 is 0 Å². The minimum absolute atomic E-state index is 0.458. The molecule has 1 heteroatoms. The average Bonchev–Trinajstić information content (AvgIpc) is 3.23. The molecule has 0 saturated heterocycles. The SMILES string of the molecule is NC(CC1CCCCC1)C1C2CCc3ccccc3C21. The quantitative estimate of drug-likeness (QED) is 0.871. The number of hydrogen-bond acceptors (Lipinski definition) is 1. The second-order valence-electron chi connectivity index (χ2n) is 7.41. The Labute approximate surface area is 122 Å². The van der Waals surface area contributed by atoms with Crippen LogP contribution in [-0.2, 0) is 6.42 Å². The van der Waals surface area contributed by atoms with E-state index in [9.17, 15) is 0 Å². The summed E-state index contributed by atoms with van der Waals surface area (Å²) in [6, 6.07) is 9.55. The highest BCUT2D eigenvalue weighted by Crippen LogP contribution is 2.61. The molecule has 0 amide bonds. The predicted molar refractivity (Wildman–Crippen MR) is 83.7 cm³/mol. The van der Waals surface area contributed by atoms with E-state index in [1.165, 1.54) is 51.4 Å². The second kappa shape index (κ2) is 5.18. The lowest BCUT2D eigenvalue weighted by Crippen LogP contribution is -2.28. The first kappa shape index (κ1) is 12.9. The number of benzene rings is 1. The molecule has 0 aromatic heterocycles. The summed E-state index contributed by atoms with van der Waals surface area (Å²) < 4.78 is 0. The van der Waals surface area contributed by atoms with Crippen LogP contribution >= 0.6 is 0 Å². The summed E-state index contributed by atoms with van der Waals surface area (Å²) in [5, 5.41) is 0. The molecule has 0 heterocycles. The Hall–Kier alpha value is -0.820. The third-order valence-corrected chi connectivity index (χ3v) is 6.22. The van der Waals surface area contributed by atoms with Crippen LogP contribution in [0.1, 0.15) is 62.0 Å². The van der Waals surface area contributed by atoms with Crippen LogP contribution in [-0.4, -0.2) is 6.04 Å². The van der Waals surface area contributed by atoms with E-state index in [0.29, 0.717) is 6.04 Å². The Kier molecular flexibility index (Phi) is 3.34. The van der Waals surface area contributed by atoms with Gasteiger partial charge in [0.1, 0.15) is 0 Å². The lowest BCUT2D eigenvalue weighted by atomic mass is 9.83. The van der Waals surface area contributed by atoms with Gasteiger partial charge in [0, 0.05) is 6.04 Å². The highest BCUT2D eigenvalue weighted by molar-refractivity contribution is 5.40. The zero-order chi connectivity index (χ0) is 13.5. The molecule has 1 aromatic carbocycles. The van der Waals surface area contributed by atoms with Crippen LogP contribution in [0.25, 0.3) is 0 Å². The summed E-state index contributed by atoms with van der Waals surface area (Å²) in [6.07, 6.45) is 11.2. The molecule has 108 valence electrons. The lowest BCUT2D eigenvalue weighted by Gasteiger charge is -2.24. The summed E-state index contributed by atoms with van der Waals surface area (Å²) in [5.74, 6) is 3.43. The topological polar surface area (TPSA) is 26.0 Å². The van der Waals surface area contributed by atoms with Crippen molar-refractivity contribution in [1.29, 1.82) is 0 Å². The molecule has 4 atom stereocenters. The maximum absolute atomic E-state index is 6.63. The Balaban J connectivity index is 1.44. The van der Waals surface area contributed by atoms with Gasteiger partial charge >= 0.3 is 0 Å². The van der Waals surface area contributed by atoms with Gasteiger partial charge in [-0.05, 0) is 54.1 Å². The normalized spacial score (nSPS) is 34.1. The van der Waals surface area contributed by atoms with Crippen LogP contribution in [0.3, 0.4) is 0 Å². The molecular formula is C19H27N. The zero-order valence-electron chi connectivity index (χ0n) is 12.4. The summed E-state index contributed by atoms with van der Waals surface area (Å²) in [7, 11) is 0. The van der Waals surface area contributed by atoms with Gasteiger partial charge in [0.15, 0.2) is 0 Å². The first-order chi connectivity index (χ1) is 9.84. The van der Waals surface area contributed by atoms with E-state index in [-0.39, 0.29) is 0 Å². The van der Waals surface area contributed by atoms with E-state index in [2.05, 4.69) is 24.3 Å². The van der Waals surface area contributed by atoms with Gasteiger partial charge < -0.3 is 5.73 Å². The maximum Gasteiger partial charge on any atom is 0.00786 e. The van der Waals surface area contributed by atoms with Crippen LogP contribution in [0, 0.1) is 17.8 Å².